The fourth-order valence-corrected chi connectivity index (χ4v) is 2.77. The van der Waals surface area contributed by atoms with Gasteiger partial charge in [-0.1, -0.05) is 32.5 Å². The van der Waals surface area contributed by atoms with Crippen molar-refractivity contribution in [3.05, 3.63) is 20.8 Å². The van der Waals surface area contributed by atoms with Gasteiger partial charge in [0.1, 0.15) is 0 Å². The second-order valence-electron chi connectivity index (χ2n) is 5.55. The molecule has 2 heterocycles. The van der Waals surface area contributed by atoms with Gasteiger partial charge in [0.05, 0.1) is 0 Å². The second-order valence-corrected chi connectivity index (χ2v) is 7.34. The molecule has 7 heteroatoms. The Hall–Kier alpha value is -1.50. The van der Waals surface area contributed by atoms with E-state index in [1.165, 1.54) is 11.6 Å². The van der Waals surface area contributed by atoms with Crippen molar-refractivity contribution in [1.82, 2.24) is 18.7 Å². The Kier molecular flexibility index (Phi) is 3.12. The number of fused-ring (bicyclic) bond motifs is 1. The van der Waals surface area contributed by atoms with Gasteiger partial charge in [0, 0.05) is 25.9 Å². The lowest BCUT2D eigenvalue weighted by Crippen LogP contribution is -2.37. The van der Waals surface area contributed by atoms with Crippen molar-refractivity contribution in [3.63, 3.8) is 0 Å². The number of thioether (sulfide) groups is 1. The summed E-state index contributed by atoms with van der Waals surface area (Å²) in [6.07, 6.45) is 0. The molecule has 2 rings (SSSR count). The predicted octanol–water partition coefficient (Wildman–Crippen LogP) is 0.861. The highest BCUT2D eigenvalue weighted by Gasteiger charge is 2.21. The third kappa shape index (κ3) is 2.22. The van der Waals surface area contributed by atoms with Gasteiger partial charge in [-0.2, -0.15) is 0 Å². The summed E-state index contributed by atoms with van der Waals surface area (Å²) < 4.78 is 4.26. The van der Waals surface area contributed by atoms with Crippen molar-refractivity contribution in [2.75, 3.05) is 0 Å². The Morgan fingerprint density at radius 3 is 2.11 bits per heavy atom. The third-order valence-electron chi connectivity index (χ3n) is 2.83. The van der Waals surface area contributed by atoms with Gasteiger partial charge in [-0.3, -0.25) is 13.9 Å². The van der Waals surface area contributed by atoms with Crippen LogP contribution in [0.1, 0.15) is 20.8 Å². The lowest BCUT2D eigenvalue weighted by Gasteiger charge is -2.16. The van der Waals surface area contributed by atoms with Crippen LogP contribution in [-0.2, 0) is 21.1 Å². The van der Waals surface area contributed by atoms with E-state index < -0.39 is 0 Å². The van der Waals surface area contributed by atoms with Crippen molar-refractivity contribution >= 4 is 22.9 Å². The first-order valence-corrected chi connectivity index (χ1v) is 6.76. The van der Waals surface area contributed by atoms with Crippen LogP contribution in [0.5, 0.6) is 0 Å². The molecule has 0 amide bonds. The van der Waals surface area contributed by atoms with Crippen molar-refractivity contribution in [2.24, 2.45) is 21.1 Å². The molecule has 0 saturated heterocycles. The molecule has 0 bridgehead atoms. The van der Waals surface area contributed by atoms with Crippen molar-refractivity contribution in [1.29, 1.82) is 0 Å². The van der Waals surface area contributed by atoms with E-state index in [4.69, 9.17) is 0 Å². The lowest BCUT2D eigenvalue weighted by atomic mass is 10.3. The molecule has 0 saturated carbocycles. The molecule has 0 N–H and O–H groups in total. The van der Waals surface area contributed by atoms with Crippen LogP contribution in [0.2, 0.25) is 0 Å². The quantitative estimate of drug-likeness (QED) is 0.728. The van der Waals surface area contributed by atoms with Gasteiger partial charge >= 0.3 is 5.69 Å². The number of imidazole rings is 1. The summed E-state index contributed by atoms with van der Waals surface area (Å²) in [6, 6.07) is 0. The molecule has 0 unspecified atom stereocenters. The molecule has 19 heavy (non-hydrogen) atoms. The van der Waals surface area contributed by atoms with Gasteiger partial charge in [0.25, 0.3) is 5.56 Å². The maximum Gasteiger partial charge on any atom is 0.332 e. The third-order valence-corrected chi connectivity index (χ3v) is 3.99. The fraction of sp³-hybridized carbons (Fsp3) is 0.583. The zero-order chi connectivity index (χ0) is 14.5. The zero-order valence-corrected chi connectivity index (χ0v) is 12.8. The summed E-state index contributed by atoms with van der Waals surface area (Å²) in [4.78, 5) is 28.5. The zero-order valence-electron chi connectivity index (χ0n) is 12.0. The highest BCUT2D eigenvalue weighted by molar-refractivity contribution is 8.00. The first-order chi connectivity index (χ1) is 8.63. The Morgan fingerprint density at radius 1 is 1.00 bits per heavy atom. The fourth-order valence-electron chi connectivity index (χ4n) is 1.86. The number of hydrogen-bond donors (Lipinski definition) is 0. The molecule has 6 nitrogen and oxygen atoms in total. The van der Waals surface area contributed by atoms with Crippen molar-refractivity contribution in [3.8, 4) is 0 Å². The van der Waals surface area contributed by atoms with Gasteiger partial charge in [-0.25, -0.2) is 9.78 Å². The molecular formula is C12H18N4O2S. The van der Waals surface area contributed by atoms with Crippen LogP contribution in [-0.4, -0.2) is 23.4 Å². The molecule has 0 aromatic carbocycles. The van der Waals surface area contributed by atoms with Crippen LogP contribution in [0.4, 0.5) is 0 Å². The van der Waals surface area contributed by atoms with E-state index in [0.29, 0.717) is 11.2 Å². The molecular weight excluding hydrogens is 264 g/mol. The summed E-state index contributed by atoms with van der Waals surface area (Å²) in [5, 5.41) is 0.737. The monoisotopic (exact) mass is 282 g/mol. The highest BCUT2D eigenvalue weighted by Crippen LogP contribution is 2.31. The van der Waals surface area contributed by atoms with Gasteiger partial charge in [-0.05, 0) is 0 Å². The van der Waals surface area contributed by atoms with Crippen LogP contribution in [0.3, 0.4) is 0 Å². The van der Waals surface area contributed by atoms with Crippen molar-refractivity contribution < 1.29 is 0 Å². The predicted molar refractivity (Wildman–Crippen MR) is 76.8 cm³/mol. The van der Waals surface area contributed by atoms with E-state index >= 15 is 0 Å². The van der Waals surface area contributed by atoms with E-state index in [-0.39, 0.29) is 16.0 Å². The summed E-state index contributed by atoms with van der Waals surface area (Å²) in [7, 11) is 4.91. The molecule has 0 aliphatic rings. The summed E-state index contributed by atoms with van der Waals surface area (Å²) in [5.41, 5.74) is 0.218. The number of nitrogens with zero attached hydrogens (tertiary/aromatic N) is 4. The summed E-state index contributed by atoms with van der Waals surface area (Å²) >= 11 is 1.57. The molecule has 0 fully saturated rings. The average molecular weight is 282 g/mol. The number of aryl methyl sites for hydroxylation is 2. The van der Waals surface area contributed by atoms with Crippen LogP contribution >= 0.6 is 11.8 Å². The van der Waals surface area contributed by atoms with Gasteiger partial charge in [-0.15, -0.1) is 0 Å². The van der Waals surface area contributed by atoms with E-state index in [0.717, 1.165) is 9.72 Å². The minimum Gasteiger partial charge on any atom is -0.316 e. The minimum atomic E-state index is -0.358. The summed E-state index contributed by atoms with van der Waals surface area (Å²) in [5.74, 6) is 0. The first kappa shape index (κ1) is 13.9. The van der Waals surface area contributed by atoms with Gasteiger partial charge in [0.15, 0.2) is 16.3 Å². The van der Waals surface area contributed by atoms with Crippen molar-refractivity contribution in [2.45, 2.75) is 30.7 Å². The maximum atomic E-state index is 12.2. The molecule has 0 aliphatic carbocycles. The van der Waals surface area contributed by atoms with Gasteiger partial charge in [0.2, 0.25) is 0 Å². The Bertz CT molecular complexity index is 761. The molecule has 2 aromatic rings. The van der Waals surface area contributed by atoms with Crippen LogP contribution in [0.15, 0.2) is 14.7 Å². The molecule has 0 spiro atoms. The van der Waals surface area contributed by atoms with E-state index in [1.54, 1.807) is 30.4 Å². The normalized spacial score (nSPS) is 12.3. The Labute approximate surface area is 115 Å². The van der Waals surface area contributed by atoms with Crippen LogP contribution in [0, 0.1) is 0 Å². The largest absolute Gasteiger partial charge is 0.332 e. The van der Waals surface area contributed by atoms with E-state index in [9.17, 15) is 9.59 Å². The van der Waals surface area contributed by atoms with E-state index in [2.05, 4.69) is 25.8 Å². The Morgan fingerprint density at radius 2 is 1.58 bits per heavy atom. The highest BCUT2D eigenvalue weighted by atomic mass is 32.2. The maximum absolute atomic E-state index is 12.2. The van der Waals surface area contributed by atoms with E-state index in [1.807, 2.05) is 0 Å². The lowest BCUT2D eigenvalue weighted by molar-refractivity contribution is 0.705. The number of aromatic nitrogens is 4. The number of rotatable bonds is 1. The number of hydrogen-bond acceptors (Lipinski definition) is 4. The molecule has 0 aliphatic heterocycles. The molecule has 104 valence electrons. The molecule has 0 radical (unpaired) electrons. The average Bonchev–Trinajstić information content (AvgIpc) is 2.60. The topological polar surface area (TPSA) is 61.8 Å². The first-order valence-electron chi connectivity index (χ1n) is 5.95. The summed E-state index contributed by atoms with van der Waals surface area (Å²) in [6.45, 7) is 6.23. The Balaban J connectivity index is 2.85. The second kappa shape index (κ2) is 4.26. The minimum absolute atomic E-state index is 0.0146. The SMILES string of the molecule is Cn1c(=O)c2c(nc(SC(C)(C)C)n2C)n(C)c1=O. The smallest absolute Gasteiger partial charge is 0.316 e. The van der Waals surface area contributed by atoms with Crippen LogP contribution < -0.4 is 11.2 Å². The standard InChI is InChI=1S/C12H18N4O2S/c1-12(2,3)19-10-13-8-7(14(10)4)9(17)16(6)11(18)15(8)5/h1-6H3. The van der Waals surface area contributed by atoms with Gasteiger partial charge < -0.3 is 4.57 Å². The van der Waals surface area contributed by atoms with Crippen LogP contribution in [0.25, 0.3) is 11.2 Å². The molecule has 2 aromatic heterocycles. The molecule has 0 atom stereocenters.